The predicted molar refractivity (Wildman–Crippen MR) is 57.5 cm³/mol. The van der Waals surface area contributed by atoms with E-state index in [9.17, 15) is 0 Å². The van der Waals surface area contributed by atoms with Crippen LogP contribution in [0.5, 0.6) is 0 Å². The molecule has 5 nitrogen and oxygen atoms in total. The zero-order valence-corrected chi connectivity index (χ0v) is 8.98. The van der Waals surface area contributed by atoms with Crippen LogP contribution in [0, 0.1) is 0 Å². The Morgan fingerprint density at radius 3 is 2.33 bits per heavy atom. The molecule has 1 saturated heterocycles. The highest BCUT2D eigenvalue weighted by atomic mass is 16.4. The number of aromatic nitrogens is 2. The molecular weight excluding hydrogens is 192 g/mol. The lowest BCUT2D eigenvalue weighted by Gasteiger charge is -2.22. The van der Waals surface area contributed by atoms with Gasteiger partial charge in [-0.1, -0.05) is 24.4 Å². The summed E-state index contributed by atoms with van der Waals surface area (Å²) in [5.74, 6) is 0.520. The van der Waals surface area contributed by atoms with E-state index in [1.807, 2.05) is 0 Å². The van der Waals surface area contributed by atoms with Crippen LogP contribution in [0.15, 0.2) is 4.42 Å². The van der Waals surface area contributed by atoms with Crippen molar-refractivity contribution in [3.05, 3.63) is 5.89 Å². The van der Waals surface area contributed by atoms with Gasteiger partial charge in [-0.05, 0) is 12.8 Å². The molecule has 0 amide bonds. The van der Waals surface area contributed by atoms with Crippen LogP contribution in [-0.4, -0.2) is 23.3 Å². The summed E-state index contributed by atoms with van der Waals surface area (Å²) in [6, 6.07) is 0.636. The maximum Gasteiger partial charge on any atom is 0.318 e. The highest BCUT2D eigenvalue weighted by molar-refractivity contribution is 5.23. The molecule has 0 unspecified atom stereocenters. The maximum atomic E-state index is 5.45. The fourth-order valence-corrected chi connectivity index (χ4v) is 1.89. The lowest BCUT2D eigenvalue weighted by Crippen LogP contribution is -2.27. The van der Waals surface area contributed by atoms with E-state index < -0.39 is 0 Å². The summed E-state index contributed by atoms with van der Waals surface area (Å²) in [6.07, 6.45) is 6.37. The number of anilines is 1. The molecule has 2 N–H and O–H groups in total. The summed E-state index contributed by atoms with van der Waals surface area (Å²) >= 11 is 0. The van der Waals surface area contributed by atoms with Crippen LogP contribution in [0.2, 0.25) is 0 Å². The zero-order chi connectivity index (χ0) is 10.5. The lowest BCUT2D eigenvalue weighted by molar-refractivity contribution is 0.465. The Labute approximate surface area is 89.6 Å². The van der Waals surface area contributed by atoms with Crippen molar-refractivity contribution in [3.63, 3.8) is 0 Å². The Bertz CT molecular complexity index is 291. The van der Waals surface area contributed by atoms with E-state index in [4.69, 9.17) is 10.2 Å². The highest BCUT2D eigenvalue weighted by Crippen LogP contribution is 2.17. The van der Waals surface area contributed by atoms with Crippen molar-refractivity contribution < 1.29 is 4.42 Å². The van der Waals surface area contributed by atoms with Gasteiger partial charge in [0.15, 0.2) is 0 Å². The minimum atomic E-state index is 0.320. The molecule has 5 heteroatoms. The minimum absolute atomic E-state index is 0.320. The Morgan fingerprint density at radius 2 is 1.73 bits per heavy atom. The van der Waals surface area contributed by atoms with E-state index in [1.165, 1.54) is 32.1 Å². The molecule has 0 radical (unpaired) electrons. The van der Waals surface area contributed by atoms with Gasteiger partial charge in [0.25, 0.3) is 0 Å². The molecule has 15 heavy (non-hydrogen) atoms. The molecule has 1 fully saturated rings. The van der Waals surface area contributed by atoms with Crippen molar-refractivity contribution in [2.45, 2.75) is 38.6 Å². The molecule has 0 spiro atoms. The molecule has 84 valence electrons. The van der Waals surface area contributed by atoms with E-state index in [-0.39, 0.29) is 0 Å². The Hall–Kier alpha value is -1.10. The Kier molecular flexibility index (Phi) is 3.55. The molecule has 2 rings (SSSR count). The fourth-order valence-electron chi connectivity index (χ4n) is 1.89. The lowest BCUT2D eigenvalue weighted by atomic mass is 10.1. The van der Waals surface area contributed by atoms with E-state index in [0.717, 1.165) is 13.1 Å². The monoisotopic (exact) mass is 210 g/mol. The van der Waals surface area contributed by atoms with Crippen molar-refractivity contribution in [2.24, 2.45) is 5.73 Å². The van der Waals surface area contributed by atoms with Crippen LogP contribution in [-0.2, 0) is 6.54 Å². The van der Waals surface area contributed by atoms with Crippen molar-refractivity contribution in [1.82, 2.24) is 10.2 Å². The van der Waals surface area contributed by atoms with Gasteiger partial charge in [-0.15, -0.1) is 5.10 Å². The van der Waals surface area contributed by atoms with Crippen molar-refractivity contribution in [1.29, 1.82) is 0 Å². The van der Waals surface area contributed by atoms with E-state index in [0.29, 0.717) is 18.5 Å². The van der Waals surface area contributed by atoms with Crippen LogP contribution in [0.1, 0.15) is 38.0 Å². The van der Waals surface area contributed by atoms with Crippen LogP contribution in [0.3, 0.4) is 0 Å². The maximum absolute atomic E-state index is 5.45. The Balaban J connectivity index is 2.00. The third kappa shape index (κ3) is 2.68. The summed E-state index contributed by atoms with van der Waals surface area (Å²) in [7, 11) is 0. The Morgan fingerprint density at radius 1 is 1.07 bits per heavy atom. The predicted octanol–water partition coefficient (Wildman–Crippen LogP) is 1.30. The number of rotatable bonds is 2. The van der Waals surface area contributed by atoms with Crippen molar-refractivity contribution in [2.75, 3.05) is 18.0 Å². The molecule has 2 heterocycles. The number of nitrogens with zero attached hydrogens (tertiary/aromatic N) is 3. The van der Waals surface area contributed by atoms with Crippen molar-refractivity contribution in [3.8, 4) is 0 Å². The number of hydrogen-bond acceptors (Lipinski definition) is 5. The van der Waals surface area contributed by atoms with Gasteiger partial charge in [0.05, 0.1) is 6.54 Å². The first-order valence-corrected chi connectivity index (χ1v) is 5.67. The van der Waals surface area contributed by atoms with Crippen LogP contribution in [0.4, 0.5) is 6.01 Å². The van der Waals surface area contributed by atoms with Gasteiger partial charge in [0.2, 0.25) is 5.89 Å². The average Bonchev–Trinajstić information content (AvgIpc) is 2.65. The van der Waals surface area contributed by atoms with Gasteiger partial charge >= 0.3 is 6.01 Å². The molecule has 1 aromatic heterocycles. The van der Waals surface area contributed by atoms with E-state index in [2.05, 4.69) is 15.1 Å². The van der Waals surface area contributed by atoms with Gasteiger partial charge in [-0.2, -0.15) is 0 Å². The third-order valence-corrected chi connectivity index (χ3v) is 2.76. The standard InChI is InChI=1S/C10H18N4O/c11-8-9-12-13-10(15-9)14-6-4-2-1-3-5-7-14/h1-8,11H2. The van der Waals surface area contributed by atoms with Crippen LogP contribution >= 0.6 is 0 Å². The van der Waals surface area contributed by atoms with Gasteiger partial charge < -0.3 is 15.1 Å². The second kappa shape index (κ2) is 5.11. The normalized spacial score (nSPS) is 18.6. The highest BCUT2D eigenvalue weighted by Gasteiger charge is 2.14. The molecular formula is C10H18N4O. The molecule has 0 bridgehead atoms. The summed E-state index contributed by atoms with van der Waals surface area (Å²) < 4.78 is 5.45. The number of nitrogens with two attached hydrogens (primary N) is 1. The molecule has 0 atom stereocenters. The molecule has 1 aliphatic rings. The first-order valence-electron chi connectivity index (χ1n) is 5.67. The SMILES string of the molecule is NCc1nnc(N2CCCCCCC2)o1. The quantitative estimate of drug-likeness (QED) is 0.796. The molecule has 0 saturated carbocycles. The van der Waals surface area contributed by atoms with Gasteiger partial charge in [-0.3, -0.25) is 0 Å². The molecule has 0 aromatic carbocycles. The summed E-state index contributed by atoms with van der Waals surface area (Å²) in [5.41, 5.74) is 5.43. The summed E-state index contributed by atoms with van der Waals surface area (Å²) in [6.45, 7) is 2.36. The summed E-state index contributed by atoms with van der Waals surface area (Å²) in [4.78, 5) is 2.17. The van der Waals surface area contributed by atoms with Crippen molar-refractivity contribution >= 4 is 6.01 Å². The smallest absolute Gasteiger partial charge is 0.318 e. The van der Waals surface area contributed by atoms with Crippen LogP contribution in [0.25, 0.3) is 0 Å². The second-order valence-corrected chi connectivity index (χ2v) is 3.94. The van der Waals surface area contributed by atoms with Gasteiger partial charge in [0, 0.05) is 13.1 Å². The largest absolute Gasteiger partial charge is 0.407 e. The van der Waals surface area contributed by atoms with Gasteiger partial charge in [0.1, 0.15) is 0 Å². The van der Waals surface area contributed by atoms with E-state index in [1.54, 1.807) is 0 Å². The molecule has 0 aliphatic carbocycles. The zero-order valence-electron chi connectivity index (χ0n) is 8.98. The number of hydrogen-bond donors (Lipinski definition) is 1. The average molecular weight is 210 g/mol. The van der Waals surface area contributed by atoms with Crippen LogP contribution < -0.4 is 10.6 Å². The van der Waals surface area contributed by atoms with Gasteiger partial charge in [-0.25, -0.2) is 0 Å². The summed E-state index contributed by atoms with van der Waals surface area (Å²) in [5, 5.41) is 7.89. The first-order chi connectivity index (χ1) is 7.40. The third-order valence-electron chi connectivity index (χ3n) is 2.76. The second-order valence-electron chi connectivity index (χ2n) is 3.94. The first kappa shape index (κ1) is 10.4. The van der Waals surface area contributed by atoms with E-state index >= 15 is 0 Å². The molecule has 1 aromatic rings. The fraction of sp³-hybridized carbons (Fsp3) is 0.800. The molecule has 1 aliphatic heterocycles. The minimum Gasteiger partial charge on any atom is -0.407 e. The topological polar surface area (TPSA) is 68.2 Å².